The van der Waals surface area contributed by atoms with E-state index in [2.05, 4.69) is 35.6 Å². The van der Waals surface area contributed by atoms with Crippen LogP contribution in [0.25, 0.3) is 6.08 Å². The number of hydrogen-bond donors (Lipinski definition) is 1. The number of allylic oxidation sites excluding steroid dienone is 2. The lowest BCUT2D eigenvalue weighted by Crippen LogP contribution is -2.34. The van der Waals surface area contributed by atoms with Gasteiger partial charge < -0.3 is 5.32 Å². The van der Waals surface area contributed by atoms with Gasteiger partial charge in [0.2, 0.25) is 0 Å². The first kappa shape index (κ1) is 18.7. The van der Waals surface area contributed by atoms with Crippen molar-refractivity contribution in [2.24, 2.45) is 10.9 Å². The van der Waals surface area contributed by atoms with Crippen molar-refractivity contribution < 1.29 is 0 Å². The van der Waals surface area contributed by atoms with Crippen LogP contribution in [0, 0.1) is 5.92 Å². The number of rotatable bonds is 2. The van der Waals surface area contributed by atoms with Crippen LogP contribution >= 0.6 is 11.6 Å². The van der Waals surface area contributed by atoms with E-state index in [4.69, 9.17) is 11.6 Å². The maximum Gasteiger partial charge on any atom is 0.0547 e. The Morgan fingerprint density at radius 2 is 1.92 bits per heavy atom. The summed E-state index contributed by atoms with van der Waals surface area (Å²) < 4.78 is 0. The molecular formula is C21H27ClN2. The van der Waals surface area contributed by atoms with Crippen LogP contribution in [-0.4, -0.2) is 18.8 Å². The highest BCUT2D eigenvalue weighted by Gasteiger charge is 2.32. The van der Waals surface area contributed by atoms with Crippen LogP contribution < -0.4 is 5.32 Å². The van der Waals surface area contributed by atoms with E-state index < -0.39 is 0 Å². The van der Waals surface area contributed by atoms with Gasteiger partial charge in [0.25, 0.3) is 0 Å². The molecule has 1 aliphatic heterocycles. The van der Waals surface area contributed by atoms with Crippen LogP contribution in [0.1, 0.15) is 43.7 Å². The lowest BCUT2D eigenvalue weighted by atomic mass is 9.75. The molecule has 0 bridgehead atoms. The molecule has 0 saturated carbocycles. The lowest BCUT2D eigenvalue weighted by molar-refractivity contribution is 0.357. The molecule has 1 fully saturated rings. The van der Waals surface area contributed by atoms with Crippen LogP contribution in [0.3, 0.4) is 0 Å². The fourth-order valence-electron chi connectivity index (χ4n) is 3.51. The van der Waals surface area contributed by atoms with E-state index in [1.807, 2.05) is 32.1 Å². The van der Waals surface area contributed by atoms with Crippen molar-refractivity contribution in [1.82, 2.24) is 5.32 Å². The van der Waals surface area contributed by atoms with Crippen LogP contribution in [0.2, 0.25) is 5.02 Å². The molecule has 0 aromatic heterocycles. The smallest absolute Gasteiger partial charge is 0.0547 e. The third-order valence-corrected chi connectivity index (χ3v) is 4.79. The Morgan fingerprint density at radius 3 is 2.58 bits per heavy atom. The minimum Gasteiger partial charge on any atom is -0.317 e. The molecule has 1 aromatic rings. The highest BCUT2D eigenvalue weighted by Crippen LogP contribution is 2.39. The van der Waals surface area contributed by atoms with E-state index in [-0.39, 0.29) is 5.92 Å². The largest absolute Gasteiger partial charge is 0.317 e. The molecule has 128 valence electrons. The van der Waals surface area contributed by atoms with E-state index in [1.165, 1.54) is 11.1 Å². The van der Waals surface area contributed by atoms with Crippen molar-refractivity contribution in [3.8, 4) is 0 Å². The Bertz CT molecular complexity index is 652. The third kappa shape index (κ3) is 4.06. The summed E-state index contributed by atoms with van der Waals surface area (Å²) in [4.78, 5) is 4.58. The van der Waals surface area contributed by atoms with Gasteiger partial charge in [-0.05, 0) is 60.7 Å². The Kier molecular flexibility index (Phi) is 7.01. The summed E-state index contributed by atoms with van der Waals surface area (Å²) in [6.07, 6.45) is 8.07. The van der Waals surface area contributed by atoms with Crippen molar-refractivity contribution in [1.29, 1.82) is 0 Å². The molecular weight excluding hydrogens is 316 g/mol. The second kappa shape index (κ2) is 9.00. The molecule has 1 aromatic carbocycles. The number of benzene rings is 1. The highest BCUT2D eigenvalue weighted by molar-refractivity contribution is 6.30. The first-order valence-electron chi connectivity index (χ1n) is 8.77. The summed E-state index contributed by atoms with van der Waals surface area (Å²) in [6.45, 7) is 14.1. The van der Waals surface area contributed by atoms with Crippen molar-refractivity contribution >= 4 is 23.4 Å². The van der Waals surface area contributed by atoms with Gasteiger partial charge in [-0.15, -0.1) is 0 Å². The number of nitrogens with zero attached hydrogens (tertiary/aromatic N) is 1. The SMILES string of the molecule is C=CN=C1C(=C)C=Cc2cc(Cl)ccc2C1C1CCNCC1.CC. The predicted octanol–water partition coefficient (Wildman–Crippen LogP) is 5.62. The number of halogens is 1. The summed E-state index contributed by atoms with van der Waals surface area (Å²) in [6, 6.07) is 6.15. The predicted molar refractivity (Wildman–Crippen MR) is 107 cm³/mol. The molecule has 1 aliphatic carbocycles. The van der Waals surface area contributed by atoms with Gasteiger partial charge in [0, 0.05) is 17.1 Å². The summed E-state index contributed by atoms with van der Waals surface area (Å²) >= 11 is 6.18. The van der Waals surface area contributed by atoms with Crippen LogP contribution in [0.4, 0.5) is 0 Å². The third-order valence-electron chi connectivity index (χ3n) is 4.56. The van der Waals surface area contributed by atoms with E-state index in [9.17, 15) is 0 Å². The molecule has 0 radical (unpaired) electrons. The molecule has 1 unspecified atom stereocenters. The van der Waals surface area contributed by atoms with Crippen molar-refractivity contribution in [2.75, 3.05) is 13.1 Å². The fraction of sp³-hybridized carbons (Fsp3) is 0.381. The highest BCUT2D eigenvalue weighted by atomic mass is 35.5. The molecule has 3 heteroatoms. The Morgan fingerprint density at radius 1 is 1.21 bits per heavy atom. The Hall–Kier alpha value is -1.64. The fourth-order valence-corrected chi connectivity index (χ4v) is 3.69. The molecule has 0 spiro atoms. The van der Waals surface area contributed by atoms with Gasteiger partial charge >= 0.3 is 0 Å². The molecule has 2 nitrogen and oxygen atoms in total. The standard InChI is InChI=1S/C19H21ClN2.C2H6/c1-3-22-19-13(2)4-5-15-12-16(20)6-7-17(15)18(19)14-8-10-21-11-9-14;1-2/h3-7,12,14,18,21H,1-2,8-11H2;1-2H3. The number of nitrogens with one attached hydrogen (secondary N) is 1. The number of piperidine rings is 1. The molecule has 0 amide bonds. The lowest BCUT2D eigenvalue weighted by Gasteiger charge is -2.32. The van der Waals surface area contributed by atoms with Gasteiger partial charge in [-0.2, -0.15) is 0 Å². The zero-order valence-corrected chi connectivity index (χ0v) is 15.4. The number of aliphatic imine (C=N–C) groups is 1. The van der Waals surface area contributed by atoms with E-state index in [0.717, 1.165) is 42.2 Å². The van der Waals surface area contributed by atoms with Crippen LogP contribution in [0.15, 0.2) is 54.2 Å². The molecule has 24 heavy (non-hydrogen) atoms. The zero-order chi connectivity index (χ0) is 17.5. The quantitative estimate of drug-likeness (QED) is 0.741. The molecule has 1 heterocycles. The van der Waals surface area contributed by atoms with Crippen LogP contribution in [-0.2, 0) is 0 Å². The monoisotopic (exact) mass is 342 g/mol. The minimum atomic E-state index is 0.259. The summed E-state index contributed by atoms with van der Waals surface area (Å²) in [7, 11) is 0. The zero-order valence-electron chi connectivity index (χ0n) is 14.7. The van der Waals surface area contributed by atoms with Crippen molar-refractivity contribution in [3.05, 3.63) is 65.4 Å². The Labute approximate surface area is 151 Å². The molecule has 2 aliphatic rings. The first-order chi connectivity index (χ1) is 11.7. The Balaban J connectivity index is 0.00000100. The van der Waals surface area contributed by atoms with Gasteiger partial charge in [0.1, 0.15) is 0 Å². The van der Waals surface area contributed by atoms with Crippen molar-refractivity contribution in [2.45, 2.75) is 32.6 Å². The van der Waals surface area contributed by atoms with Gasteiger partial charge in [0.15, 0.2) is 0 Å². The van der Waals surface area contributed by atoms with E-state index in [0.29, 0.717) is 5.92 Å². The van der Waals surface area contributed by atoms with Gasteiger partial charge in [-0.1, -0.05) is 56.8 Å². The number of hydrogen-bond acceptors (Lipinski definition) is 2. The molecule has 3 rings (SSSR count). The van der Waals surface area contributed by atoms with E-state index >= 15 is 0 Å². The summed E-state index contributed by atoms with van der Waals surface area (Å²) in [5, 5.41) is 4.21. The summed E-state index contributed by atoms with van der Waals surface area (Å²) in [5.41, 5.74) is 4.48. The average molecular weight is 343 g/mol. The molecule has 1 N–H and O–H groups in total. The molecule has 1 atom stereocenters. The minimum absolute atomic E-state index is 0.259. The number of fused-ring (bicyclic) bond motifs is 1. The maximum absolute atomic E-state index is 6.18. The van der Waals surface area contributed by atoms with Gasteiger partial charge in [-0.3, -0.25) is 4.99 Å². The van der Waals surface area contributed by atoms with Gasteiger partial charge in [0.05, 0.1) is 5.71 Å². The van der Waals surface area contributed by atoms with Crippen molar-refractivity contribution in [3.63, 3.8) is 0 Å². The second-order valence-electron chi connectivity index (χ2n) is 5.89. The molecule has 1 saturated heterocycles. The average Bonchev–Trinajstić information content (AvgIpc) is 2.75. The normalized spacial score (nSPS) is 22.4. The van der Waals surface area contributed by atoms with Crippen LogP contribution in [0.5, 0.6) is 0 Å². The maximum atomic E-state index is 6.18. The van der Waals surface area contributed by atoms with E-state index in [1.54, 1.807) is 6.20 Å². The van der Waals surface area contributed by atoms with Gasteiger partial charge in [-0.25, -0.2) is 0 Å². The first-order valence-corrected chi connectivity index (χ1v) is 9.14. The summed E-state index contributed by atoms with van der Waals surface area (Å²) in [5.74, 6) is 0.825. The topological polar surface area (TPSA) is 24.4 Å². The second-order valence-corrected chi connectivity index (χ2v) is 6.33.